The van der Waals surface area contributed by atoms with Crippen molar-refractivity contribution < 1.29 is 8.42 Å². The number of nitrogens with zero attached hydrogens (tertiary/aromatic N) is 1. The third kappa shape index (κ3) is 5.03. The third-order valence-corrected chi connectivity index (χ3v) is 5.19. The summed E-state index contributed by atoms with van der Waals surface area (Å²) in [5.74, 6) is 1.50. The first-order chi connectivity index (χ1) is 8.34. The van der Waals surface area contributed by atoms with E-state index in [4.69, 9.17) is 11.6 Å². The Hall–Kier alpha value is 0.160. The topological polar surface area (TPSA) is 49.4 Å². The lowest BCUT2D eigenvalue weighted by Crippen LogP contribution is -2.45. The Balaban J connectivity index is 2.43. The molecule has 0 aromatic rings. The van der Waals surface area contributed by atoms with Crippen molar-refractivity contribution in [1.82, 2.24) is 9.62 Å². The first-order valence-electron chi connectivity index (χ1n) is 6.59. The van der Waals surface area contributed by atoms with Crippen molar-refractivity contribution >= 4 is 21.6 Å². The van der Waals surface area contributed by atoms with Gasteiger partial charge in [0.2, 0.25) is 10.0 Å². The fraction of sp³-hybridized carbons (Fsp3) is 1.00. The molecule has 1 saturated heterocycles. The maximum Gasteiger partial charge on any atom is 0.211 e. The van der Waals surface area contributed by atoms with Gasteiger partial charge < -0.3 is 5.32 Å². The summed E-state index contributed by atoms with van der Waals surface area (Å²) >= 11 is 5.91. The van der Waals surface area contributed by atoms with Crippen LogP contribution in [-0.2, 0) is 10.0 Å². The Labute approximate surface area is 116 Å². The van der Waals surface area contributed by atoms with E-state index in [1.54, 1.807) is 4.31 Å². The molecule has 0 aliphatic carbocycles. The van der Waals surface area contributed by atoms with Crippen molar-refractivity contribution in [1.29, 1.82) is 0 Å². The van der Waals surface area contributed by atoms with E-state index in [1.165, 1.54) is 6.26 Å². The molecule has 0 spiro atoms. The zero-order valence-corrected chi connectivity index (χ0v) is 13.1. The molecule has 1 aliphatic heterocycles. The van der Waals surface area contributed by atoms with Crippen LogP contribution in [0.15, 0.2) is 0 Å². The van der Waals surface area contributed by atoms with Gasteiger partial charge in [0, 0.05) is 25.0 Å². The molecule has 0 aromatic heterocycles. The standard InChI is InChI=1S/C12H25ClN2O2S/c1-10(2)12(7-13)14-8-11-5-4-6-15(9-11)18(3,16)17/h10-12,14H,4-9H2,1-3H3. The van der Waals surface area contributed by atoms with Gasteiger partial charge in [-0.05, 0) is 31.2 Å². The van der Waals surface area contributed by atoms with Gasteiger partial charge >= 0.3 is 0 Å². The van der Waals surface area contributed by atoms with Crippen molar-refractivity contribution in [2.75, 3.05) is 31.8 Å². The maximum absolute atomic E-state index is 11.5. The molecule has 0 saturated carbocycles. The molecule has 0 bridgehead atoms. The SMILES string of the molecule is CC(C)C(CCl)NCC1CCCN(S(C)(=O)=O)C1. The summed E-state index contributed by atoms with van der Waals surface area (Å²) in [7, 11) is -3.04. The predicted molar refractivity (Wildman–Crippen MR) is 76.5 cm³/mol. The molecule has 0 aromatic carbocycles. The first-order valence-corrected chi connectivity index (χ1v) is 8.97. The van der Waals surface area contributed by atoms with Gasteiger partial charge in [-0.25, -0.2) is 12.7 Å². The van der Waals surface area contributed by atoms with Crippen LogP contribution in [0.4, 0.5) is 0 Å². The van der Waals surface area contributed by atoms with Crippen molar-refractivity contribution in [3.8, 4) is 0 Å². The first kappa shape index (κ1) is 16.2. The Kier molecular flexibility index (Phi) is 6.38. The molecule has 0 amide bonds. The van der Waals surface area contributed by atoms with E-state index in [0.717, 1.165) is 19.4 Å². The number of piperidine rings is 1. The van der Waals surface area contributed by atoms with E-state index in [-0.39, 0.29) is 0 Å². The summed E-state index contributed by atoms with van der Waals surface area (Å²) in [6, 6.07) is 0.306. The minimum absolute atomic E-state index is 0.306. The van der Waals surface area contributed by atoms with E-state index in [0.29, 0.717) is 36.8 Å². The summed E-state index contributed by atoms with van der Waals surface area (Å²) in [4.78, 5) is 0. The highest BCUT2D eigenvalue weighted by Crippen LogP contribution is 2.18. The van der Waals surface area contributed by atoms with E-state index in [9.17, 15) is 8.42 Å². The van der Waals surface area contributed by atoms with Gasteiger partial charge in [0.25, 0.3) is 0 Å². The van der Waals surface area contributed by atoms with Crippen LogP contribution in [0.1, 0.15) is 26.7 Å². The summed E-state index contributed by atoms with van der Waals surface area (Å²) in [6.07, 6.45) is 3.33. The Morgan fingerprint density at radius 3 is 2.61 bits per heavy atom. The Morgan fingerprint density at radius 2 is 2.11 bits per heavy atom. The third-order valence-electron chi connectivity index (χ3n) is 3.59. The molecule has 1 N–H and O–H groups in total. The zero-order valence-electron chi connectivity index (χ0n) is 11.5. The molecule has 6 heteroatoms. The van der Waals surface area contributed by atoms with Crippen LogP contribution in [0.3, 0.4) is 0 Å². The fourth-order valence-corrected chi connectivity index (χ4v) is 3.69. The lowest BCUT2D eigenvalue weighted by atomic mass is 9.98. The van der Waals surface area contributed by atoms with Crippen LogP contribution in [-0.4, -0.2) is 50.5 Å². The van der Waals surface area contributed by atoms with Crippen LogP contribution in [0.5, 0.6) is 0 Å². The second-order valence-electron chi connectivity index (χ2n) is 5.54. The number of sulfonamides is 1. The number of rotatable bonds is 6. The number of halogens is 1. The number of hydrogen-bond acceptors (Lipinski definition) is 3. The Bertz CT molecular complexity index is 346. The van der Waals surface area contributed by atoms with Crippen LogP contribution in [0.2, 0.25) is 0 Å². The van der Waals surface area contributed by atoms with Gasteiger partial charge in [-0.3, -0.25) is 0 Å². The van der Waals surface area contributed by atoms with Gasteiger partial charge in [-0.15, -0.1) is 11.6 Å². The molecule has 18 heavy (non-hydrogen) atoms. The second-order valence-corrected chi connectivity index (χ2v) is 7.83. The predicted octanol–water partition coefficient (Wildman–Crippen LogP) is 1.51. The molecule has 108 valence electrons. The van der Waals surface area contributed by atoms with Gasteiger partial charge in [0.1, 0.15) is 0 Å². The number of hydrogen-bond donors (Lipinski definition) is 1. The minimum atomic E-state index is -3.04. The highest BCUT2D eigenvalue weighted by Gasteiger charge is 2.26. The average Bonchev–Trinajstić information content (AvgIpc) is 2.28. The van der Waals surface area contributed by atoms with Gasteiger partial charge in [0.05, 0.1) is 6.26 Å². The minimum Gasteiger partial charge on any atom is -0.312 e. The van der Waals surface area contributed by atoms with Crippen molar-refractivity contribution in [3.63, 3.8) is 0 Å². The molecule has 1 rings (SSSR count). The smallest absolute Gasteiger partial charge is 0.211 e. The van der Waals surface area contributed by atoms with Crippen molar-refractivity contribution in [2.24, 2.45) is 11.8 Å². The van der Waals surface area contributed by atoms with Gasteiger partial charge in [-0.1, -0.05) is 13.8 Å². The fourth-order valence-electron chi connectivity index (χ4n) is 2.28. The normalized spacial score (nSPS) is 24.4. The highest BCUT2D eigenvalue weighted by atomic mass is 35.5. The van der Waals surface area contributed by atoms with Crippen LogP contribution >= 0.6 is 11.6 Å². The largest absolute Gasteiger partial charge is 0.312 e. The molecular formula is C12H25ClN2O2S. The quantitative estimate of drug-likeness (QED) is 0.756. The van der Waals surface area contributed by atoms with E-state index < -0.39 is 10.0 Å². The summed E-state index contributed by atoms with van der Waals surface area (Å²) < 4.78 is 24.6. The number of alkyl halides is 1. The van der Waals surface area contributed by atoms with Crippen LogP contribution < -0.4 is 5.32 Å². The molecule has 1 aliphatic rings. The molecular weight excluding hydrogens is 272 g/mol. The summed E-state index contributed by atoms with van der Waals surface area (Å²) in [6.45, 7) is 6.44. The van der Waals surface area contributed by atoms with Gasteiger partial charge in [-0.2, -0.15) is 0 Å². The maximum atomic E-state index is 11.5. The summed E-state index contributed by atoms with van der Waals surface area (Å²) in [5.41, 5.74) is 0. The molecule has 0 radical (unpaired) electrons. The lowest BCUT2D eigenvalue weighted by molar-refractivity contribution is 0.251. The monoisotopic (exact) mass is 296 g/mol. The van der Waals surface area contributed by atoms with Crippen molar-refractivity contribution in [3.05, 3.63) is 0 Å². The molecule has 2 unspecified atom stereocenters. The van der Waals surface area contributed by atoms with E-state index >= 15 is 0 Å². The highest BCUT2D eigenvalue weighted by molar-refractivity contribution is 7.88. The molecule has 4 nitrogen and oxygen atoms in total. The zero-order chi connectivity index (χ0) is 13.8. The van der Waals surface area contributed by atoms with Crippen molar-refractivity contribution in [2.45, 2.75) is 32.7 Å². The molecule has 1 fully saturated rings. The van der Waals surface area contributed by atoms with Crippen LogP contribution in [0.25, 0.3) is 0 Å². The molecule has 1 heterocycles. The molecule has 2 atom stereocenters. The second kappa shape index (κ2) is 7.08. The van der Waals surface area contributed by atoms with Crippen LogP contribution in [0, 0.1) is 11.8 Å². The van der Waals surface area contributed by atoms with E-state index in [2.05, 4.69) is 19.2 Å². The Morgan fingerprint density at radius 1 is 1.44 bits per heavy atom. The number of nitrogens with one attached hydrogen (secondary N) is 1. The summed E-state index contributed by atoms with van der Waals surface area (Å²) in [5, 5.41) is 3.46. The van der Waals surface area contributed by atoms with E-state index in [1.807, 2.05) is 0 Å². The van der Waals surface area contributed by atoms with Gasteiger partial charge in [0.15, 0.2) is 0 Å². The average molecular weight is 297 g/mol. The lowest BCUT2D eigenvalue weighted by Gasteiger charge is -2.32.